The summed E-state index contributed by atoms with van der Waals surface area (Å²) in [6.07, 6.45) is 1.52. The summed E-state index contributed by atoms with van der Waals surface area (Å²) in [5.74, 6) is 0.146. The molecule has 0 spiro atoms. The number of hydrogen-bond acceptors (Lipinski definition) is 4. The van der Waals surface area contributed by atoms with Crippen LogP contribution in [0.3, 0.4) is 0 Å². The molecule has 1 aliphatic rings. The Morgan fingerprint density at radius 3 is 2.33 bits per heavy atom. The molecule has 6 nitrogen and oxygen atoms in total. The number of alkyl carbamates (subject to hydrolysis) is 1. The molecular weight excluding hydrogens is 270 g/mol. The maximum Gasteiger partial charge on any atom is 0.407 e. The van der Waals surface area contributed by atoms with E-state index in [1.54, 1.807) is 6.92 Å². The zero-order valence-corrected chi connectivity index (χ0v) is 13.9. The van der Waals surface area contributed by atoms with E-state index in [9.17, 15) is 9.59 Å². The van der Waals surface area contributed by atoms with E-state index >= 15 is 0 Å². The molecule has 1 fully saturated rings. The second-order valence-corrected chi connectivity index (χ2v) is 6.73. The van der Waals surface area contributed by atoms with E-state index in [1.807, 2.05) is 32.6 Å². The first-order valence-electron chi connectivity index (χ1n) is 7.66. The average Bonchev–Trinajstić information content (AvgIpc) is 2.35. The Labute approximate surface area is 127 Å². The molecule has 0 aromatic carbocycles. The lowest BCUT2D eigenvalue weighted by molar-refractivity contribution is -0.129. The summed E-state index contributed by atoms with van der Waals surface area (Å²) < 4.78 is 5.20. The third-order valence-corrected chi connectivity index (χ3v) is 3.41. The van der Waals surface area contributed by atoms with Gasteiger partial charge in [-0.1, -0.05) is 0 Å². The summed E-state index contributed by atoms with van der Waals surface area (Å²) in [6.45, 7) is 11.3. The summed E-state index contributed by atoms with van der Waals surface area (Å²) in [5.41, 5.74) is -0.472. The van der Waals surface area contributed by atoms with Gasteiger partial charge in [0.05, 0.1) is 0 Å². The molecular formula is C15H29N3O3. The molecule has 2 N–H and O–H groups in total. The van der Waals surface area contributed by atoms with Crippen molar-refractivity contribution in [2.45, 2.75) is 65.1 Å². The molecule has 0 aliphatic carbocycles. The topological polar surface area (TPSA) is 70.7 Å². The van der Waals surface area contributed by atoms with Crippen LogP contribution in [0.25, 0.3) is 0 Å². The molecule has 1 saturated heterocycles. The molecule has 0 radical (unpaired) electrons. The summed E-state index contributed by atoms with van der Waals surface area (Å²) in [5, 5.41) is 6.26. The number of rotatable bonds is 4. The molecule has 2 amide bonds. The molecule has 1 aliphatic heterocycles. The second kappa shape index (κ2) is 7.64. The van der Waals surface area contributed by atoms with Gasteiger partial charge in [0.25, 0.3) is 0 Å². The van der Waals surface area contributed by atoms with E-state index in [4.69, 9.17) is 4.74 Å². The molecule has 0 bridgehead atoms. The van der Waals surface area contributed by atoms with Crippen LogP contribution in [0.4, 0.5) is 4.79 Å². The van der Waals surface area contributed by atoms with Gasteiger partial charge in [0, 0.05) is 38.6 Å². The van der Waals surface area contributed by atoms with Crippen molar-refractivity contribution in [2.24, 2.45) is 0 Å². The Balaban J connectivity index is 2.21. The van der Waals surface area contributed by atoms with Crippen LogP contribution in [0.2, 0.25) is 0 Å². The number of likely N-dealkylation sites (tertiary alicyclic amines) is 1. The molecule has 1 rings (SSSR count). The highest BCUT2D eigenvalue weighted by Crippen LogP contribution is 2.11. The zero-order valence-electron chi connectivity index (χ0n) is 13.9. The number of nitrogens with zero attached hydrogens (tertiary/aromatic N) is 1. The summed E-state index contributed by atoms with van der Waals surface area (Å²) in [7, 11) is 0. The van der Waals surface area contributed by atoms with Crippen LogP contribution >= 0.6 is 0 Å². The highest BCUT2D eigenvalue weighted by atomic mass is 16.6. The van der Waals surface area contributed by atoms with Crippen LogP contribution in [0.15, 0.2) is 0 Å². The van der Waals surface area contributed by atoms with E-state index in [2.05, 4.69) is 10.6 Å². The molecule has 21 heavy (non-hydrogen) atoms. The van der Waals surface area contributed by atoms with Gasteiger partial charge in [-0.05, 0) is 40.5 Å². The Kier molecular flexibility index (Phi) is 6.45. The number of hydrogen-bond donors (Lipinski definition) is 2. The maximum absolute atomic E-state index is 11.6. The van der Waals surface area contributed by atoms with Crippen LogP contribution in [-0.4, -0.2) is 54.2 Å². The van der Waals surface area contributed by atoms with Crippen molar-refractivity contribution in [3.63, 3.8) is 0 Å². The molecule has 6 heteroatoms. The molecule has 0 saturated carbocycles. The average molecular weight is 299 g/mol. The number of carbonyl (C=O) groups is 2. The molecule has 1 heterocycles. The first kappa shape index (κ1) is 17.8. The standard InChI is InChI=1S/C15H29N3O3/c1-11(10-16-14(20)21-15(3,4)5)17-13-6-8-18(9-7-13)12(2)19/h11,13,17H,6-10H2,1-5H3,(H,16,20). The number of carbonyl (C=O) groups excluding carboxylic acids is 2. The number of ether oxygens (including phenoxy) is 1. The van der Waals surface area contributed by atoms with Crippen molar-refractivity contribution in [1.82, 2.24) is 15.5 Å². The van der Waals surface area contributed by atoms with Crippen molar-refractivity contribution in [1.29, 1.82) is 0 Å². The molecule has 0 aromatic heterocycles. The van der Waals surface area contributed by atoms with Crippen LogP contribution < -0.4 is 10.6 Å². The minimum Gasteiger partial charge on any atom is -0.444 e. The second-order valence-electron chi connectivity index (χ2n) is 6.73. The molecule has 1 atom stereocenters. The fourth-order valence-electron chi connectivity index (χ4n) is 2.37. The fourth-order valence-corrected chi connectivity index (χ4v) is 2.37. The predicted octanol–water partition coefficient (Wildman–Crippen LogP) is 1.50. The van der Waals surface area contributed by atoms with Gasteiger partial charge in [0.1, 0.15) is 5.60 Å². The molecule has 0 aromatic rings. The van der Waals surface area contributed by atoms with E-state index in [0.29, 0.717) is 12.6 Å². The Hall–Kier alpha value is -1.30. The summed E-state index contributed by atoms with van der Waals surface area (Å²) >= 11 is 0. The number of piperidine rings is 1. The minimum atomic E-state index is -0.472. The molecule has 122 valence electrons. The van der Waals surface area contributed by atoms with Crippen molar-refractivity contribution in [3.8, 4) is 0 Å². The van der Waals surface area contributed by atoms with E-state index in [-0.39, 0.29) is 18.0 Å². The highest BCUT2D eigenvalue weighted by Gasteiger charge is 2.22. The zero-order chi connectivity index (χ0) is 16.0. The van der Waals surface area contributed by atoms with Crippen LogP contribution in [0.1, 0.15) is 47.5 Å². The first-order chi connectivity index (χ1) is 9.67. The Bertz CT molecular complexity index is 358. The van der Waals surface area contributed by atoms with Gasteiger partial charge in [-0.25, -0.2) is 4.79 Å². The summed E-state index contributed by atoms with van der Waals surface area (Å²) in [6, 6.07) is 0.572. The Morgan fingerprint density at radius 2 is 1.86 bits per heavy atom. The maximum atomic E-state index is 11.6. The smallest absolute Gasteiger partial charge is 0.407 e. The van der Waals surface area contributed by atoms with E-state index in [1.165, 1.54) is 0 Å². The van der Waals surface area contributed by atoms with Crippen molar-refractivity contribution < 1.29 is 14.3 Å². The lowest BCUT2D eigenvalue weighted by Gasteiger charge is -2.33. The fraction of sp³-hybridized carbons (Fsp3) is 0.867. The monoisotopic (exact) mass is 299 g/mol. The van der Waals surface area contributed by atoms with Crippen LogP contribution in [0, 0.1) is 0 Å². The van der Waals surface area contributed by atoms with Gasteiger partial charge in [-0.3, -0.25) is 4.79 Å². The van der Waals surface area contributed by atoms with Crippen LogP contribution in [0.5, 0.6) is 0 Å². The third kappa shape index (κ3) is 7.32. The van der Waals surface area contributed by atoms with Crippen molar-refractivity contribution in [3.05, 3.63) is 0 Å². The third-order valence-electron chi connectivity index (χ3n) is 3.41. The Morgan fingerprint density at radius 1 is 1.29 bits per heavy atom. The predicted molar refractivity (Wildman–Crippen MR) is 82.1 cm³/mol. The quantitative estimate of drug-likeness (QED) is 0.825. The van der Waals surface area contributed by atoms with Gasteiger partial charge in [0.2, 0.25) is 5.91 Å². The number of nitrogens with one attached hydrogen (secondary N) is 2. The SMILES string of the molecule is CC(=O)N1CCC(NC(C)CNC(=O)OC(C)(C)C)CC1. The first-order valence-corrected chi connectivity index (χ1v) is 7.66. The lowest BCUT2D eigenvalue weighted by Crippen LogP contribution is -2.49. The largest absolute Gasteiger partial charge is 0.444 e. The summed E-state index contributed by atoms with van der Waals surface area (Å²) in [4.78, 5) is 24.7. The molecule has 1 unspecified atom stereocenters. The van der Waals surface area contributed by atoms with Crippen molar-refractivity contribution >= 4 is 12.0 Å². The number of amides is 2. The van der Waals surface area contributed by atoms with Crippen molar-refractivity contribution in [2.75, 3.05) is 19.6 Å². The van der Waals surface area contributed by atoms with Gasteiger partial charge in [-0.15, -0.1) is 0 Å². The minimum absolute atomic E-state index is 0.146. The van der Waals surface area contributed by atoms with Gasteiger partial charge >= 0.3 is 6.09 Å². The lowest BCUT2D eigenvalue weighted by atomic mass is 10.0. The van der Waals surface area contributed by atoms with E-state index < -0.39 is 5.60 Å². The van der Waals surface area contributed by atoms with Gasteiger partial charge in [-0.2, -0.15) is 0 Å². The highest BCUT2D eigenvalue weighted by molar-refractivity contribution is 5.73. The van der Waals surface area contributed by atoms with E-state index in [0.717, 1.165) is 25.9 Å². The van der Waals surface area contributed by atoms with Gasteiger partial charge in [0.15, 0.2) is 0 Å². The van der Waals surface area contributed by atoms with Gasteiger partial charge < -0.3 is 20.3 Å². The normalized spacial score (nSPS) is 18.2. The van der Waals surface area contributed by atoms with Crippen LogP contribution in [-0.2, 0) is 9.53 Å².